The molecule has 0 aliphatic carbocycles. The monoisotopic (exact) mass is 319 g/mol. The summed E-state index contributed by atoms with van der Waals surface area (Å²) in [5.41, 5.74) is 2.01. The second kappa shape index (κ2) is 6.10. The number of likely N-dealkylation sites (tertiary alicyclic amines) is 1. The molecule has 1 amide bonds. The predicted molar refractivity (Wildman–Crippen MR) is 84.4 cm³/mol. The zero-order valence-corrected chi connectivity index (χ0v) is 13.1. The van der Waals surface area contributed by atoms with Gasteiger partial charge in [0.2, 0.25) is 0 Å². The molecule has 1 unspecified atom stereocenters. The predicted octanol–water partition coefficient (Wildman–Crippen LogP) is 2.29. The minimum atomic E-state index is -0.0840. The average molecular weight is 320 g/mol. The summed E-state index contributed by atoms with van der Waals surface area (Å²) in [7, 11) is 0. The largest absolute Gasteiger partial charge is 0.396 e. The van der Waals surface area contributed by atoms with Gasteiger partial charge in [0.15, 0.2) is 5.69 Å². The Hall–Kier alpha value is -1.85. The maximum atomic E-state index is 12.6. The van der Waals surface area contributed by atoms with Crippen molar-refractivity contribution in [1.82, 2.24) is 14.7 Å². The lowest BCUT2D eigenvalue weighted by atomic mass is 10.1. The Morgan fingerprint density at radius 3 is 2.91 bits per heavy atom. The van der Waals surface area contributed by atoms with E-state index in [1.54, 1.807) is 15.6 Å². The molecule has 5 nitrogen and oxygen atoms in total. The third kappa shape index (κ3) is 2.74. The number of benzene rings is 1. The molecule has 2 aromatic rings. The highest BCUT2D eigenvalue weighted by Crippen LogP contribution is 2.23. The molecule has 22 heavy (non-hydrogen) atoms. The molecule has 2 heterocycles. The van der Waals surface area contributed by atoms with E-state index in [9.17, 15) is 9.90 Å². The van der Waals surface area contributed by atoms with E-state index in [1.807, 2.05) is 31.3 Å². The van der Waals surface area contributed by atoms with Gasteiger partial charge in [0.05, 0.1) is 10.7 Å². The summed E-state index contributed by atoms with van der Waals surface area (Å²) in [6, 6.07) is 7.39. The van der Waals surface area contributed by atoms with Crippen LogP contribution in [0.25, 0.3) is 5.69 Å². The van der Waals surface area contributed by atoms with E-state index < -0.39 is 0 Å². The maximum Gasteiger partial charge on any atom is 0.274 e. The van der Waals surface area contributed by atoms with Gasteiger partial charge < -0.3 is 10.0 Å². The highest BCUT2D eigenvalue weighted by molar-refractivity contribution is 6.32. The highest BCUT2D eigenvalue weighted by atomic mass is 35.5. The van der Waals surface area contributed by atoms with Crippen LogP contribution < -0.4 is 0 Å². The third-order valence-electron chi connectivity index (χ3n) is 4.03. The first-order valence-corrected chi connectivity index (χ1v) is 7.69. The van der Waals surface area contributed by atoms with Crippen LogP contribution in [0.4, 0.5) is 0 Å². The van der Waals surface area contributed by atoms with Crippen LogP contribution in [0.3, 0.4) is 0 Å². The van der Waals surface area contributed by atoms with Gasteiger partial charge >= 0.3 is 0 Å². The molecular formula is C16H18ClN3O2. The van der Waals surface area contributed by atoms with Gasteiger partial charge in [-0.1, -0.05) is 23.7 Å². The molecule has 0 radical (unpaired) electrons. The van der Waals surface area contributed by atoms with Gasteiger partial charge in [-0.2, -0.15) is 5.10 Å². The fourth-order valence-electron chi connectivity index (χ4n) is 2.75. The molecule has 1 aromatic heterocycles. The number of para-hydroxylation sites is 1. The molecule has 0 spiro atoms. The van der Waals surface area contributed by atoms with Crippen molar-refractivity contribution >= 4 is 17.5 Å². The number of aliphatic hydroxyl groups excluding tert-OH is 1. The van der Waals surface area contributed by atoms with Crippen LogP contribution in [0.5, 0.6) is 0 Å². The van der Waals surface area contributed by atoms with E-state index in [0.29, 0.717) is 23.8 Å². The minimum Gasteiger partial charge on any atom is -0.396 e. The van der Waals surface area contributed by atoms with Crippen LogP contribution in [0.2, 0.25) is 5.02 Å². The highest BCUT2D eigenvalue weighted by Gasteiger charge is 2.28. The summed E-state index contributed by atoms with van der Waals surface area (Å²) < 4.78 is 1.64. The van der Waals surface area contributed by atoms with E-state index in [0.717, 1.165) is 17.7 Å². The van der Waals surface area contributed by atoms with Gasteiger partial charge in [0.25, 0.3) is 5.91 Å². The zero-order valence-electron chi connectivity index (χ0n) is 12.4. The van der Waals surface area contributed by atoms with Crippen molar-refractivity contribution in [3.63, 3.8) is 0 Å². The maximum absolute atomic E-state index is 12.6. The summed E-state index contributed by atoms with van der Waals surface area (Å²) >= 11 is 6.18. The summed E-state index contributed by atoms with van der Waals surface area (Å²) in [4.78, 5) is 14.4. The van der Waals surface area contributed by atoms with Crippen molar-refractivity contribution in [2.45, 2.75) is 13.3 Å². The lowest BCUT2D eigenvalue weighted by Crippen LogP contribution is -2.30. The SMILES string of the molecule is Cc1cn(-c2ccccc2Cl)nc1C(=O)N1CCC(CO)C1. The number of carbonyl (C=O) groups is 1. The lowest BCUT2D eigenvalue weighted by Gasteiger charge is -2.15. The summed E-state index contributed by atoms with van der Waals surface area (Å²) in [5.74, 6) is 0.0918. The standard InChI is InChI=1S/C16H18ClN3O2/c1-11-8-20(14-5-3-2-4-13(14)17)18-15(11)16(22)19-7-6-12(9-19)10-21/h2-5,8,12,21H,6-7,9-10H2,1H3. The summed E-state index contributed by atoms with van der Waals surface area (Å²) in [6.07, 6.45) is 2.65. The number of rotatable bonds is 3. The summed E-state index contributed by atoms with van der Waals surface area (Å²) in [6.45, 7) is 3.25. The molecule has 1 saturated heterocycles. The number of aliphatic hydroxyl groups is 1. The zero-order chi connectivity index (χ0) is 15.7. The number of aromatic nitrogens is 2. The van der Waals surface area contributed by atoms with E-state index >= 15 is 0 Å². The number of hydrogen-bond acceptors (Lipinski definition) is 3. The molecule has 1 N–H and O–H groups in total. The third-order valence-corrected chi connectivity index (χ3v) is 4.35. The fourth-order valence-corrected chi connectivity index (χ4v) is 2.97. The number of nitrogens with zero attached hydrogens (tertiary/aromatic N) is 3. The van der Waals surface area contributed by atoms with Gasteiger partial charge in [-0.15, -0.1) is 0 Å². The molecule has 0 saturated carbocycles. The van der Waals surface area contributed by atoms with Crippen molar-refractivity contribution in [2.75, 3.05) is 19.7 Å². The molecule has 0 bridgehead atoms. The first-order valence-electron chi connectivity index (χ1n) is 7.31. The van der Waals surface area contributed by atoms with E-state index in [1.165, 1.54) is 0 Å². The Labute approximate surface area is 134 Å². The number of aryl methyl sites for hydroxylation is 1. The van der Waals surface area contributed by atoms with Crippen LogP contribution in [-0.2, 0) is 0 Å². The van der Waals surface area contributed by atoms with Crippen molar-refractivity contribution in [1.29, 1.82) is 0 Å². The Morgan fingerprint density at radius 1 is 1.45 bits per heavy atom. The van der Waals surface area contributed by atoms with Crippen LogP contribution in [0, 0.1) is 12.8 Å². The molecule has 1 aliphatic heterocycles. The van der Waals surface area contributed by atoms with Gasteiger partial charge in [-0.3, -0.25) is 4.79 Å². The molecule has 1 fully saturated rings. The molecule has 6 heteroatoms. The van der Waals surface area contributed by atoms with Gasteiger partial charge in [0, 0.05) is 37.4 Å². The van der Waals surface area contributed by atoms with Crippen molar-refractivity contribution in [3.8, 4) is 5.69 Å². The number of halogens is 1. The molecule has 1 aromatic carbocycles. The fraction of sp³-hybridized carbons (Fsp3) is 0.375. The lowest BCUT2D eigenvalue weighted by molar-refractivity contribution is 0.0775. The number of hydrogen-bond donors (Lipinski definition) is 1. The van der Waals surface area contributed by atoms with Crippen molar-refractivity contribution in [3.05, 3.63) is 46.7 Å². The second-order valence-electron chi connectivity index (χ2n) is 5.65. The molecule has 116 valence electrons. The molecule has 1 atom stereocenters. The summed E-state index contributed by atoms with van der Waals surface area (Å²) in [5, 5.41) is 14.2. The van der Waals surface area contributed by atoms with Crippen molar-refractivity contribution < 1.29 is 9.90 Å². The molecule has 3 rings (SSSR count). The van der Waals surface area contributed by atoms with Crippen LogP contribution in [-0.4, -0.2) is 45.4 Å². The number of amides is 1. The first-order chi connectivity index (χ1) is 10.6. The van der Waals surface area contributed by atoms with Gasteiger partial charge in [-0.05, 0) is 25.5 Å². The van der Waals surface area contributed by atoms with Gasteiger partial charge in [0.1, 0.15) is 0 Å². The Bertz CT molecular complexity index is 698. The Kier molecular flexibility index (Phi) is 4.18. The van der Waals surface area contributed by atoms with Crippen LogP contribution in [0.1, 0.15) is 22.5 Å². The average Bonchev–Trinajstić information content (AvgIpc) is 3.13. The van der Waals surface area contributed by atoms with Gasteiger partial charge in [-0.25, -0.2) is 4.68 Å². The van der Waals surface area contributed by atoms with Crippen LogP contribution in [0.15, 0.2) is 30.5 Å². The Morgan fingerprint density at radius 2 is 2.23 bits per heavy atom. The normalized spacial score (nSPS) is 18.0. The van der Waals surface area contributed by atoms with E-state index in [-0.39, 0.29) is 18.4 Å². The smallest absolute Gasteiger partial charge is 0.274 e. The van der Waals surface area contributed by atoms with Crippen LogP contribution >= 0.6 is 11.6 Å². The minimum absolute atomic E-state index is 0.0840. The molecular weight excluding hydrogens is 302 g/mol. The topological polar surface area (TPSA) is 58.4 Å². The van der Waals surface area contributed by atoms with E-state index in [4.69, 9.17) is 11.6 Å². The second-order valence-corrected chi connectivity index (χ2v) is 6.05. The molecule has 1 aliphatic rings. The first kappa shape index (κ1) is 15.1. The number of carbonyl (C=O) groups excluding carboxylic acids is 1. The Balaban J connectivity index is 1.87. The quantitative estimate of drug-likeness (QED) is 0.944. The van der Waals surface area contributed by atoms with Crippen molar-refractivity contribution in [2.24, 2.45) is 5.92 Å². The van der Waals surface area contributed by atoms with E-state index in [2.05, 4.69) is 5.10 Å².